The van der Waals surface area contributed by atoms with Gasteiger partial charge >= 0.3 is 5.69 Å². The van der Waals surface area contributed by atoms with Crippen LogP contribution in [0.15, 0.2) is 41.3 Å². The number of para-hydroxylation sites is 1. The van der Waals surface area contributed by atoms with Gasteiger partial charge in [-0.2, -0.15) is 9.36 Å². The van der Waals surface area contributed by atoms with Gasteiger partial charge < -0.3 is 9.72 Å². The number of aryl methyl sites for hydroxylation is 2. The molecule has 0 radical (unpaired) electrons. The maximum atomic E-state index is 11.9. The molecule has 0 saturated carbocycles. The number of rotatable bonds is 4. The van der Waals surface area contributed by atoms with Crippen LogP contribution in [-0.4, -0.2) is 24.8 Å². The average Bonchev–Trinajstić information content (AvgIpc) is 3.06. The molecule has 0 aliphatic carbocycles. The van der Waals surface area contributed by atoms with Crippen molar-refractivity contribution in [3.63, 3.8) is 0 Å². The maximum Gasteiger partial charge on any atom is 0.368 e. The molecule has 1 aromatic carbocycles. The van der Waals surface area contributed by atoms with Crippen molar-refractivity contribution in [1.82, 2.24) is 24.8 Å². The summed E-state index contributed by atoms with van der Waals surface area (Å²) in [6, 6.07) is 7.35. The van der Waals surface area contributed by atoms with Crippen LogP contribution in [0.5, 0.6) is 5.75 Å². The highest BCUT2D eigenvalue weighted by atomic mass is 16.5. The van der Waals surface area contributed by atoms with E-state index in [2.05, 4.69) is 15.4 Å². The number of nitrogens with one attached hydrogen (secondary N) is 1. The van der Waals surface area contributed by atoms with Crippen LogP contribution in [0.2, 0.25) is 0 Å². The van der Waals surface area contributed by atoms with E-state index in [0.717, 1.165) is 15.9 Å². The summed E-state index contributed by atoms with van der Waals surface area (Å²) in [5, 5.41) is 7.52. The lowest BCUT2D eigenvalue weighted by Gasteiger charge is -2.09. The molecular formula is C14H15N5O2. The number of ether oxygens (including phenoxy) is 1. The molecule has 0 aliphatic heterocycles. The Kier molecular flexibility index (Phi) is 3.00. The van der Waals surface area contributed by atoms with Gasteiger partial charge in [0, 0.05) is 13.2 Å². The van der Waals surface area contributed by atoms with Crippen molar-refractivity contribution in [2.24, 2.45) is 7.05 Å². The minimum atomic E-state index is -0.324. The fraction of sp³-hybridized carbons (Fsp3) is 0.214. The summed E-state index contributed by atoms with van der Waals surface area (Å²) in [7, 11) is 1.54. The van der Waals surface area contributed by atoms with E-state index in [1.165, 1.54) is 4.68 Å². The Bertz CT molecular complexity index is 864. The van der Waals surface area contributed by atoms with E-state index in [1.807, 2.05) is 6.92 Å². The second kappa shape index (κ2) is 5.28. The summed E-state index contributed by atoms with van der Waals surface area (Å²) in [5.74, 6) is 0.697. The lowest BCUT2D eigenvalue weighted by Crippen LogP contribution is -2.22. The highest BCUT2D eigenvalue weighted by Crippen LogP contribution is 2.19. The van der Waals surface area contributed by atoms with Gasteiger partial charge in [-0.25, -0.2) is 4.79 Å². The highest BCUT2D eigenvalue weighted by molar-refractivity contribution is 5.36. The zero-order valence-electron chi connectivity index (χ0n) is 12.7. The van der Waals surface area contributed by atoms with Gasteiger partial charge in [0.25, 0.3) is 0 Å². The molecule has 2 aromatic heterocycles. The standard InChI is InChI=1S/C14H15N5O2/c1-10-5-3-4-6-13(10)21-9-11-12(7-8-15-11)19-14(20)18(2)16-17-19/h3-8,15H,9H2,1-2H3/i3T. The molecule has 3 aromatic rings. The molecule has 0 aliphatic rings. The molecule has 0 fully saturated rings. The number of aromatic amines is 1. The van der Waals surface area contributed by atoms with Crippen LogP contribution >= 0.6 is 0 Å². The molecule has 7 nitrogen and oxygen atoms in total. The first kappa shape index (κ1) is 12.0. The van der Waals surface area contributed by atoms with E-state index in [9.17, 15) is 4.79 Å². The molecule has 0 amide bonds. The SMILES string of the molecule is [3H]c1ccc(OCc2[nH]ccc2-n2nnn(C)c2=O)c(C)c1. The van der Waals surface area contributed by atoms with Crippen molar-refractivity contribution in [2.45, 2.75) is 13.5 Å². The predicted molar refractivity (Wildman–Crippen MR) is 76.5 cm³/mol. The van der Waals surface area contributed by atoms with E-state index >= 15 is 0 Å². The minimum Gasteiger partial charge on any atom is -0.487 e. The Morgan fingerprint density at radius 2 is 2.24 bits per heavy atom. The summed E-state index contributed by atoms with van der Waals surface area (Å²) in [6.07, 6.45) is 1.72. The number of hydrogen-bond donors (Lipinski definition) is 1. The van der Waals surface area contributed by atoms with Crippen LogP contribution in [0.25, 0.3) is 5.69 Å². The molecule has 21 heavy (non-hydrogen) atoms. The Balaban J connectivity index is 1.84. The van der Waals surface area contributed by atoms with Gasteiger partial charge in [0.15, 0.2) is 0 Å². The Hall–Kier alpha value is -2.83. The molecule has 0 atom stereocenters. The number of H-pyrrole nitrogens is 1. The average molecular weight is 287 g/mol. The number of benzene rings is 1. The summed E-state index contributed by atoms with van der Waals surface area (Å²) in [4.78, 5) is 15.0. The lowest BCUT2D eigenvalue weighted by atomic mass is 10.2. The fourth-order valence-corrected chi connectivity index (χ4v) is 1.99. The molecule has 0 saturated heterocycles. The topological polar surface area (TPSA) is 77.7 Å². The third kappa shape index (κ3) is 2.45. The Morgan fingerprint density at radius 3 is 2.95 bits per heavy atom. The third-order valence-corrected chi connectivity index (χ3v) is 3.15. The number of nitrogens with zero attached hydrogens (tertiary/aromatic N) is 4. The van der Waals surface area contributed by atoms with E-state index in [4.69, 9.17) is 6.11 Å². The summed E-state index contributed by atoms with van der Waals surface area (Å²) in [6.45, 7) is 2.14. The molecule has 0 unspecified atom stereocenters. The molecular weight excluding hydrogens is 270 g/mol. The first-order chi connectivity index (χ1) is 10.6. The van der Waals surface area contributed by atoms with Gasteiger partial charge in [0.1, 0.15) is 12.4 Å². The first-order valence-electron chi connectivity index (χ1n) is 6.92. The van der Waals surface area contributed by atoms with Crippen LogP contribution in [0.1, 0.15) is 12.6 Å². The van der Waals surface area contributed by atoms with Gasteiger partial charge in [-0.15, -0.1) is 0 Å². The smallest absolute Gasteiger partial charge is 0.368 e. The Labute approximate surface area is 122 Å². The predicted octanol–water partition coefficient (Wildman–Crippen LogP) is 1.18. The summed E-state index contributed by atoms with van der Waals surface area (Å²) in [5.41, 5.74) is 1.89. The van der Waals surface area contributed by atoms with Gasteiger partial charge in [0.2, 0.25) is 0 Å². The maximum absolute atomic E-state index is 11.9. The van der Waals surface area contributed by atoms with Crippen LogP contribution in [0.4, 0.5) is 0 Å². The van der Waals surface area contributed by atoms with Gasteiger partial charge in [-0.3, -0.25) is 0 Å². The van der Waals surface area contributed by atoms with Gasteiger partial charge in [0.05, 0.1) is 12.8 Å². The van der Waals surface area contributed by atoms with E-state index in [1.54, 1.807) is 37.5 Å². The van der Waals surface area contributed by atoms with Crippen molar-refractivity contribution < 1.29 is 6.11 Å². The lowest BCUT2D eigenvalue weighted by molar-refractivity contribution is 0.299. The Morgan fingerprint density at radius 1 is 1.38 bits per heavy atom. The van der Waals surface area contributed by atoms with Crippen molar-refractivity contribution in [1.29, 1.82) is 0 Å². The molecule has 1 N–H and O–H groups in total. The fourth-order valence-electron chi connectivity index (χ4n) is 1.99. The number of hydrogen-bond acceptors (Lipinski definition) is 4. The summed E-state index contributed by atoms with van der Waals surface area (Å²) < 4.78 is 15.7. The normalized spacial score (nSPS) is 11.4. The van der Waals surface area contributed by atoms with Crippen LogP contribution in [0, 0.1) is 6.92 Å². The van der Waals surface area contributed by atoms with Gasteiger partial charge in [-0.05, 0) is 35.0 Å². The molecule has 0 spiro atoms. The highest BCUT2D eigenvalue weighted by Gasteiger charge is 2.12. The van der Waals surface area contributed by atoms with Crippen LogP contribution < -0.4 is 10.4 Å². The summed E-state index contributed by atoms with van der Waals surface area (Å²) >= 11 is 0. The second-order valence-electron chi connectivity index (χ2n) is 4.62. The molecule has 0 bridgehead atoms. The van der Waals surface area contributed by atoms with E-state index in [0.29, 0.717) is 17.5 Å². The van der Waals surface area contributed by atoms with Crippen molar-refractivity contribution >= 4 is 0 Å². The van der Waals surface area contributed by atoms with Crippen molar-refractivity contribution in [3.8, 4) is 11.4 Å². The number of aromatic nitrogens is 5. The second-order valence-corrected chi connectivity index (χ2v) is 4.62. The monoisotopic (exact) mass is 287 g/mol. The van der Waals surface area contributed by atoms with Crippen LogP contribution in [-0.2, 0) is 13.7 Å². The minimum absolute atomic E-state index is 0.254. The molecule has 2 heterocycles. The quantitative estimate of drug-likeness (QED) is 0.781. The zero-order valence-corrected chi connectivity index (χ0v) is 11.7. The van der Waals surface area contributed by atoms with Gasteiger partial charge in [-0.1, -0.05) is 18.2 Å². The zero-order chi connectivity index (χ0) is 15.7. The van der Waals surface area contributed by atoms with Crippen molar-refractivity contribution in [3.05, 3.63) is 58.2 Å². The van der Waals surface area contributed by atoms with Crippen molar-refractivity contribution in [2.75, 3.05) is 0 Å². The van der Waals surface area contributed by atoms with E-state index in [-0.39, 0.29) is 12.3 Å². The van der Waals surface area contributed by atoms with E-state index < -0.39 is 0 Å². The molecule has 108 valence electrons. The molecule has 7 heteroatoms. The third-order valence-electron chi connectivity index (χ3n) is 3.15. The largest absolute Gasteiger partial charge is 0.487 e. The van der Waals surface area contributed by atoms with Crippen LogP contribution in [0.3, 0.4) is 0 Å². The molecule has 3 rings (SSSR count). The number of tetrazole rings is 1. The first-order valence-corrected chi connectivity index (χ1v) is 6.42.